The lowest BCUT2D eigenvalue weighted by atomic mass is 10.5. The highest BCUT2D eigenvalue weighted by Crippen LogP contribution is 2.16. The van der Waals surface area contributed by atoms with Crippen LogP contribution >= 0.6 is 0 Å². The Hall–Kier alpha value is -1.39. The molecule has 0 N–H and O–H groups in total. The molecular formula is C6H9N3O2. The standard InChI is InChI=1S/C6H9N3O2/c1-4-6(9(10)11)8(3)5(2)7-4/h1-3H3. The predicted octanol–water partition coefficient (Wildman–Crippen LogP) is 0.945. The van der Waals surface area contributed by atoms with Crippen molar-refractivity contribution in [3.63, 3.8) is 0 Å². The van der Waals surface area contributed by atoms with E-state index in [9.17, 15) is 10.1 Å². The van der Waals surface area contributed by atoms with Crippen LogP contribution in [0.4, 0.5) is 5.82 Å². The number of hydrogen-bond acceptors (Lipinski definition) is 3. The molecule has 0 aliphatic heterocycles. The van der Waals surface area contributed by atoms with Crippen LogP contribution in [0.5, 0.6) is 0 Å². The van der Waals surface area contributed by atoms with Crippen molar-refractivity contribution in [2.45, 2.75) is 13.8 Å². The number of hydrogen-bond donors (Lipinski definition) is 0. The molecule has 1 rings (SSSR count). The normalized spacial score (nSPS) is 10.1. The third-order valence-electron chi connectivity index (χ3n) is 1.63. The molecule has 0 unspecified atom stereocenters. The lowest BCUT2D eigenvalue weighted by Gasteiger charge is -1.94. The van der Waals surface area contributed by atoms with Crippen molar-refractivity contribution < 1.29 is 4.92 Å². The fraction of sp³-hybridized carbons (Fsp3) is 0.500. The van der Waals surface area contributed by atoms with Crippen molar-refractivity contribution in [2.75, 3.05) is 0 Å². The zero-order chi connectivity index (χ0) is 8.59. The third kappa shape index (κ3) is 1.09. The number of rotatable bonds is 1. The van der Waals surface area contributed by atoms with E-state index in [1.807, 2.05) is 0 Å². The molecule has 5 heteroatoms. The summed E-state index contributed by atoms with van der Waals surface area (Å²) in [7, 11) is 1.63. The highest BCUT2D eigenvalue weighted by atomic mass is 16.6. The summed E-state index contributed by atoms with van der Waals surface area (Å²) in [6.07, 6.45) is 0. The van der Waals surface area contributed by atoms with E-state index < -0.39 is 4.92 Å². The van der Waals surface area contributed by atoms with Gasteiger partial charge in [0.2, 0.25) is 0 Å². The molecule has 0 amide bonds. The van der Waals surface area contributed by atoms with Crippen molar-refractivity contribution in [1.29, 1.82) is 0 Å². The Morgan fingerprint density at radius 2 is 2.09 bits per heavy atom. The molecule has 0 bridgehead atoms. The molecule has 0 aliphatic carbocycles. The van der Waals surface area contributed by atoms with Gasteiger partial charge in [-0.25, -0.2) is 9.55 Å². The van der Waals surface area contributed by atoms with Gasteiger partial charge in [-0.3, -0.25) is 0 Å². The average molecular weight is 155 g/mol. The second-order valence-corrected chi connectivity index (χ2v) is 2.38. The van der Waals surface area contributed by atoms with Crippen molar-refractivity contribution in [3.8, 4) is 0 Å². The Morgan fingerprint density at radius 3 is 2.27 bits per heavy atom. The van der Waals surface area contributed by atoms with Gasteiger partial charge in [0.1, 0.15) is 5.69 Å². The van der Waals surface area contributed by atoms with E-state index in [-0.39, 0.29) is 5.82 Å². The number of nitrogens with zero attached hydrogens (tertiary/aromatic N) is 3. The Bertz CT molecular complexity index is 303. The van der Waals surface area contributed by atoms with E-state index in [2.05, 4.69) is 4.98 Å². The Kier molecular flexibility index (Phi) is 1.64. The van der Waals surface area contributed by atoms with Gasteiger partial charge in [0.15, 0.2) is 5.82 Å². The van der Waals surface area contributed by atoms with Crippen LogP contribution < -0.4 is 0 Å². The summed E-state index contributed by atoms with van der Waals surface area (Å²) in [5.41, 5.74) is 0.468. The summed E-state index contributed by atoms with van der Waals surface area (Å²) < 4.78 is 1.47. The van der Waals surface area contributed by atoms with Crippen LogP contribution in [0.1, 0.15) is 11.5 Å². The monoisotopic (exact) mass is 155 g/mol. The number of nitro groups is 1. The summed E-state index contributed by atoms with van der Waals surface area (Å²) in [6, 6.07) is 0. The summed E-state index contributed by atoms with van der Waals surface area (Å²) >= 11 is 0. The zero-order valence-electron chi connectivity index (χ0n) is 6.66. The summed E-state index contributed by atoms with van der Waals surface area (Å²) in [5.74, 6) is 0.733. The molecule has 11 heavy (non-hydrogen) atoms. The van der Waals surface area contributed by atoms with Crippen LogP contribution in [0.3, 0.4) is 0 Å². The van der Waals surface area contributed by atoms with Crippen molar-refractivity contribution >= 4 is 5.82 Å². The van der Waals surface area contributed by atoms with Gasteiger partial charge in [-0.1, -0.05) is 0 Å². The van der Waals surface area contributed by atoms with Crippen molar-refractivity contribution in [2.24, 2.45) is 7.05 Å². The molecule has 5 nitrogen and oxygen atoms in total. The van der Waals surface area contributed by atoms with Gasteiger partial charge in [-0.15, -0.1) is 0 Å². The molecule has 1 heterocycles. The largest absolute Gasteiger partial charge is 0.358 e. The lowest BCUT2D eigenvalue weighted by Crippen LogP contribution is -1.99. The molecule has 0 saturated heterocycles. The molecule has 0 aromatic carbocycles. The average Bonchev–Trinajstić information content (AvgIpc) is 2.07. The molecule has 1 aromatic rings. The van der Waals surface area contributed by atoms with E-state index in [4.69, 9.17) is 0 Å². The fourth-order valence-corrected chi connectivity index (χ4v) is 1.02. The van der Waals surface area contributed by atoms with E-state index in [1.54, 1.807) is 20.9 Å². The second-order valence-electron chi connectivity index (χ2n) is 2.38. The number of aryl methyl sites for hydroxylation is 2. The van der Waals surface area contributed by atoms with Crippen LogP contribution in [-0.2, 0) is 7.05 Å². The Labute approximate surface area is 63.8 Å². The molecule has 1 aromatic heterocycles. The maximum absolute atomic E-state index is 10.4. The molecule has 0 spiro atoms. The van der Waals surface area contributed by atoms with Gasteiger partial charge in [0.05, 0.1) is 7.05 Å². The van der Waals surface area contributed by atoms with Crippen LogP contribution in [0.25, 0.3) is 0 Å². The van der Waals surface area contributed by atoms with Crippen LogP contribution in [-0.4, -0.2) is 14.5 Å². The molecule has 0 radical (unpaired) electrons. The number of imidazole rings is 1. The van der Waals surface area contributed by atoms with Gasteiger partial charge in [0, 0.05) is 6.92 Å². The minimum Gasteiger partial charge on any atom is -0.358 e. The molecule has 0 aliphatic rings. The van der Waals surface area contributed by atoms with E-state index >= 15 is 0 Å². The van der Waals surface area contributed by atoms with Gasteiger partial charge >= 0.3 is 5.82 Å². The predicted molar refractivity (Wildman–Crippen MR) is 39.3 cm³/mol. The minimum atomic E-state index is -0.421. The van der Waals surface area contributed by atoms with Gasteiger partial charge in [-0.2, -0.15) is 0 Å². The van der Waals surface area contributed by atoms with Gasteiger partial charge in [-0.05, 0) is 11.8 Å². The zero-order valence-corrected chi connectivity index (χ0v) is 6.66. The summed E-state index contributed by atoms with van der Waals surface area (Å²) in [5, 5.41) is 10.4. The first kappa shape index (κ1) is 7.71. The topological polar surface area (TPSA) is 61.0 Å². The SMILES string of the molecule is Cc1nc(C)n(C)c1[N+](=O)[O-]. The Balaban J connectivity index is 3.34. The highest BCUT2D eigenvalue weighted by molar-refractivity contribution is 5.28. The fourth-order valence-electron chi connectivity index (χ4n) is 1.02. The van der Waals surface area contributed by atoms with E-state index in [0.29, 0.717) is 11.5 Å². The molecule has 0 saturated carbocycles. The lowest BCUT2D eigenvalue weighted by molar-refractivity contribution is -0.392. The first-order valence-corrected chi connectivity index (χ1v) is 3.18. The molecule has 0 fully saturated rings. The Morgan fingerprint density at radius 1 is 1.55 bits per heavy atom. The second kappa shape index (κ2) is 2.34. The summed E-state index contributed by atoms with van der Waals surface area (Å²) in [6.45, 7) is 3.37. The maximum atomic E-state index is 10.4. The van der Waals surface area contributed by atoms with Crippen LogP contribution in [0.2, 0.25) is 0 Å². The van der Waals surface area contributed by atoms with Crippen LogP contribution in [0.15, 0.2) is 0 Å². The minimum absolute atomic E-state index is 0.0718. The molecular weight excluding hydrogens is 146 g/mol. The molecule has 60 valence electrons. The highest BCUT2D eigenvalue weighted by Gasteiger charge is 2.18. The quantitative estimate of drug-likeness (QED) is 0.448. The van der Waals surface area contributed by atoms with Gasteiger partial charge < -0.3 is 10.1 Å². The van der Waals surface area contributed by atoms with Crippen molar-refractivity contribution in [1.82, 2.24) is 9.55 Å². The first-order chi connectivity index (χ1) is 5.04. The maximum Gasteiger partial charge on any atom is 0.345 e. The number of aromatic nitrogens is 2. The van der Waals surface area contributed by atoms with Gasteiger partial charge in [0.25, 0.3) is 0 Å². The smallest absolute Gasteiger partial charge is 0.345 e. The van der Waals surface area contributed by atoms with Crippen molar-refractivity contribution in [3.05, 3.63) is 21.6 Å². The van der Waals surface area contributed by atoms with E-state index in [0.717, 1.165) is 0 Å². The van der Waals surface area contributed by atoms with Crippen LogP contribution in [0, 0.1) is 24.0 Å². The van der Waals surface area contributed by atoms with E-state index in [1.165, 1.54) is 4.57 Å². The third-order valence-corrected chi connectivity index (χ3v) is 1.63. The first-order valence-electron chi connectivity index (χ1n) is 3.18. The summed E-state index contributed by atoms with van der Waals surface area (Å²) in [4.78, 5) is 13.9. The molecule has 0 atom stereocenters.